The average Bonchev–Trinajstić information content (AvgIpc) is 2.92. The second-order valence-electron chi connectivity index (χ2n) is 4.96. The highest BCUT2D eigenvalue weighted by molar-refractivity contribution is 5.52. The van der Waals surface area contributed by atoms with Crippen LogP contribution in [0.5, 0.6) is 0 Å². The molecule has 17 heavy (non-hydrogen) atoms. The largest absolute Gasteiger partial charge is 0.392 e. The van der Waals surface area contributed by atoms with Crippen molar-refractivity contribution < 1.29 is 9.68 Å². The Labute approximate surface area is 102 Å². The Kier molecular flexibility index (Phi) is 2.85. The summed E-state index contributed by atoms with van der Waals surface area (Å²) in [6.07, 6.45) is 4.82. The third-order valence-electron chi connectivity index (χ3n) is 3.90. The van der Waals surface area contributed by atoms with Gasteiger partial charge in [0.25, 0.3) is 0 Å². The quantitative estimate of drug-likeness (QED) is 0.792. The highest BCUT2D eigenvalue weighted by Gasteiger charge is 2.38. The third-order valence-corrected chi connectivity index (χ3v) is 3.90. The number of fused-ring (bicyclic) bond motifs is 1. The molecule has 1 N–H and O–H groups in total. The number of nitrogens with zero attached hydrogens (tertiary/aromatic N) is 2. The predicted molar refractivity (Wildman–Crippen MR) is 67.2 cm³/mol. The molecule has 0 aliphatic carbocycles. The molecule has 0 amide bonds. The van der Waals surface area contributed by atoms with Gasteiger partial charge in [0.15, 0.2) is 0 Å². The van der Waals surface area contributed by atoms with Gasteiger partial charge >= 0.3 is 0 Å². The lowest BCUT2D eigenvalue weighted by molar-refractivity contribution is -0.529. The zero-order valence-corrected chi connectivity index (χ0v) is 10.00. The molecular weight excluding hydrogens is 212 g/mol. The van der Waals surface area contributed by atoms with Crippen LogP contribution >= 0.6 is 0 Å². The van der Waals surface area contributed by atoms with Crippen LogP contribution in [0.2, 0.25) is 0 Å². The molecule has 90 valence electrons. The number of aliphatic hydroxyl groups excluding tert-OH is 1. The van der Waals surface area contributed by atoms with Crippen LogP contribution in [-0.2, 0) is 0 Å². The van der Waals surface area contributed by atoms with Crippen molar-refractivity contribution in [1.29, 1.82) is 0 Å². The summed E-state index contributed by atoms with van der Waals surface area (Å²) in [5.74, 6) is 0. The Morgan fingerprint density at radius 1 is 1.35 bits per heavy atom. The van der Waals surface area contributed by atoms with Gasteiger partial charge in [0, 0.05) is 0 Å². The van der Waals surface area contributed by atoms with Crippen molar-refractivity contribution in [3.05, 3.63) is 35.9 Å². The first-order valence-corrected chi connectivity index (χ1v) is 6.41. The monoisotopic (exact) mass is 231 g/mol. The Morgan fingerprint density at radius 3 is 2.88 bits per heavy atom. The zero-order valence-electron chi connectivity index (χ0n) is 10.00. The molecule has 0 unspecified atom stereocenters. The Balaban J connectivity index is 1.81. The molecule has 0 bridgehead atoms. The maximum atomic E-state index is 9.62. The molecule has 1 fully saturated rings. The second-order valence-corrected chi connectivity index (χ2v) is 4.96. The summed E-state index contributed by atoms with van der Waals surface area (Å²) in [7, 11) is 0. The summed E-state index contributed by atoms with van der Waals surface area (Å²) in [4.78, 5) is 2.29. The first-order chi connectivity index (χ1) is 8.38. The molecule has 1 aromatic carbocycles. The first-order valence-electron chi connectivity index (χ1n) is 6.41. The van der Waals surface area contributed by atoms with Gasteiger partial charge in [-0.2, -0.15) is 0 Å². The van der Waals surface area contributed by atoms with Crippen molar-refractivity contribution in [1.82, 2.24) is 4.90 Å². The summed E-state index contributed by atoms with van der Waals surface area (Å²) >= 11 is 0. The van der Waals surface area contributed by atoms with E-state index in [4.69, 9.17) is 0 Å². The normalized spacial score (nSPS) is 24.6. The smallest absolute Gasteiger partial charge is 0.235 e. The van der Waals surface area contributed by atoms with Crippen LogP contribution in [0.25, 0.3) is 0 Å². The Hall–Kier alpha value is -1.35. The van der Waals surface area contributed by atoms with E-state index in [1.807, 2.05) is 18.2 Å². The lowest BCUT2D eigenvalue weighted by atomic mass is 10.1. The molecule has 2 heterocycles. The van der Waals surface area contributed by atoms with Crippen molar-refractivity contribution in [2.24, 2.45) is 0 Å². The maximum absolute atomic E-state index is 9.62. The van der Waals surface area contributed by atoms with Gasteiger partial charge in [-0.15, -0.1) is 0 Å². The van der Waals surface area contributed by atoms with E-state index in [-0.39, 0.29) is 12.6 Å². The van der Waals surface area contributed by atoms with E-state index < -0.39 is 0 Å². The standard InChI is InChI=1S/C14H19N2O/c17-10-14(12-5-2-1-3-6-12)16-9-13-7-4-8-15(13)11-16/h1-3,5-6,11,13-14,17H,4,7-10H2/q+1/t13-,14-/m0/s1. The molecule has 3 nitrogen and oxygen atoms in total. The van der Waals surface area contributed by atoms with E-state index in [0.29, 0.717) is 6.04 Å². The summed E-state index contributed by atoms with van der Waals surface area (Å²) in [6.45, 7) is 2.41. The molecule has 2 aliphatic rings. The summed E-state index contributed by atoms with van der Waals surface area (Å²) in [5.41, 5.74) is 1.20. The van der Waals surface area contributed by atoms with Crippen LogP contribution in [0.3, 0.4) is 0 Å². The van der Waals surface area contributed by atoms with E-state index in [9.17, 15) is 5.11 Å². The van der Waals surface area contributed by atoms with Crippen LogP contribution in [0.1, 0.15) is 24.4 Å². The number of benzene rings is 1. The molecule has 0 spiro atoms. The van der Waals surface area contributed by atoms with E-state index in [2.05, 4.69) is 27.9 Å². The van der Waals surface area contributed by atoms with E-state index >= 15 is 0 Å². The molecule has 0 aromatic heterocycles. The fraction of sp³-hybridized carbons (Fsp3) is 0.500. The molecule has 1 saturated heterocycles. The highest BCUT2D eigenvalue weighted by Crippen LogP contribution is 2.25. The SMILES string of the molecule is OC[C@@H](c1ccccc1)N1C=[N+]2CCC[C@H]2C1. The fourth-order valence-electron chi connectivity index (χ4n) is 2.97. The van der Waals surface area contributed by atoms with Crippen LogP contribution in [0.15, 0.2) is 30.3 Å². The van der Waals surface area contributed by atoms with Crippen LogP contribution in [-0.4, -0.2) is 46.7 Å². The predicted octanol–water partition coefficient (Wildman–Crippen LogP) is 1.24. The van der Waals surface area contributed by atoms with Crippen LogP contribution in [0, 0.1) is 0 Å². The molecule has 3 rings (SSSR count). The van der Waals surface area contributed by atoms with Gasteiger partial charge in [-0.1, -0.05) is 30.3 Å². The van der Waals surface area contributed by atoms with Gasteiger partial charge < -0.3 is 5.11 Å². The molecular formula is C14H19N2O+. The number of hydrogen-bond acceptors (Lipinski definition) is 2. The van der Waals surface area contributed by atoms with Gasteiger partial charge in [0.1, 0.15) is 18.6 Å². The van der Waals surface area contributed by atoms with Gasteiger partial charge in [-0.05, 0) is 18.4 Å². The average molecular weight is 231 g/mol. The van der Waals surface area contributed by atoms with E-state index in [1.165, 1.54) is 24.9 Å². The maximum Gasteiger partial charge on any atom is 0.235 e. The Morgan fingerprint density at radius 2 is 2.18 bits per heavy atom. The molecule has 2 atom stereocenters. The molecule has 2 aliphatic heterocycles. The minimum atomic E-state index is 0.113. The minimum absolute atomic E-state index is 0.113. The highest BCUT2D eigenvalue weighted by atomic mass is 16.3. The third kappa shape index (κ3) is 1.95. The summed E-state index contributed by atoms with van der Waals surface area (Å²) in [6, 6.07) is 11.1. The number of aliphatic hydroxyl groups is 1. The molecule has 1 aromatic rings. The Bertz CT molecular complexity index is 415. The van der Waals surface area contributed by atoms with Gasteiger partial charge in [-0.3, -0.25) is 9.48 Å². The van der Waals surface area contributed by atoms with Crippen molar-refractivity contribution in [3.8, 4) is 0 Å². The van der Waals surface area contributed by atoms with Gasteiger partial charge in [0.05, 0.1) is 13.2 Å². The van der Waals surface area contributed by atoms with Crippen molar-refractivity contribution in [2.45, 2.75) is 24.9 Å². The van der Waals surface area contributed by atoms with Crippen LogP contribution in [0.4, 0.5) is 0 Å². The lowest BCUT2D eigenvalue weighted by Crippen LogP contribution is -2.30. The number of hydrogen-bond donors (Lipinski definition) is 1. The van der Waals surface area contributed by atoms with Gasteiger partial charge in [0.2, 0.25) is 6.34 Å². The second kappa shape index (κ2) is 4.49. The fourth-order valence-corrected chi connectivity index (χ4v) is 2.97. The topological polar surface area (TPSA) is 26.5 Å². The number of rotatable bonds is 3. The lowest BCUT2D eigenvalue weighted by Gasteiger charge is -2.19. The van der Waals surface area contributed by atoms with Crippen molar-refractivity contribution >= 4 is 6.34 Å². The molecule has 0 saturated carbocycles. The summed E-state index contributed by atoms with van der Waals surface area (Å²) < 4.78 is 2.42. The van der Waals surface area contributed by atoms with Gasteiger partial charge in [-0.25, -0.2) is 0 Å². The zero-order chi connectivity index (χ0) is 11.7. The van der Waals surface area contributed by atoms with E-state index in [0.717, 1.165) is 6.54 Å². The molecule has 3 heteroatoms. The molecule has 0 radical (unpaired) electrons. The summed E-state index contributed by atoms with van der Waals surface area (Å²) in [5, 5.41) is 9.62. The minimum Gasteiger partial charge on any atom is -0.392 e. The first kappa shape index (κ1) is 10.8. The van der Waals surface area contributed by atoms with Crippen LogP contribution < -0.4 is 0 Å². The van der Waals surface area contributed by atoms with E-state index in [1.54, 1.807) is 0 Å². The van der Waals surface area contributed by atoms with Crippen molar-refractivity contribution in [3.63, 3.8) is 0 Å². The van der Waals surface area contributed by atoms with Crippen molar-refractivity contribution in [2.75, 3.05) is 19.7 Å².